The van der Waals surface area contributed by atoms with Crippen LogP contribution in [0.5, 0.6) is 5.75 Å². The van der Waals surface area contributed by atoms with Gasteiger partial charge in [-0.2, -0.15) is 5.10 Å². The molecule has 0 spiro atoms. The monoisotopic (exact) mass is 535 g/mol. The smallest absolute Gasteiger partial charge is 0.329 e. The van der Waals surface area contributed by atoms with Gasteiger partial charge in [0.1, 0.15) is 17.4 Å². The number of amides is 2. The molecule has 170 valence electrons. The number of benzene rings is 3. The minimum absolute atomic E-state index is 0.221. The normalized spacial score (nSPS) is 10.7. The van der Waals surface area contributed by atoms with E-state index in [1.165, 1.54) is 17.6 Å². The summed E-state index contributed by atoms with van der Waals surface area (Å²) in [6, 6.07) is 24.5. The minimum Gasteiger partial charge on any atom is -0.489 e. The van der Waals surface area contributed by atoms with Crippen molar-refractivity contribution >= 4 is 50.4 Å². The third-order valence-electron chi connectivity index (χ3n) is 4.40. The Bertz CT molecular complexity index is 1330. The number of hydrogen-bond acceptors (Lipinski definition) is 7. The molecule has 4 rings (SSSR count). The van der Waals surface area contributed by atoms with Gasteiger partial charge in [0.15, 0.2) is 0 Å². The van der Waals surface area contributed by atoms with E-state index in [9.17, 15) is 9.59 Å². The van der Waals surface area contributed by atoms with Gasteiger partial charge in [-0.3, -0.25) is 14.9 Å². The van der Waals surface area contributed by atoms with Gasteiger partial charge in [-0.1, -0.05) is 81.9 Å². The predicted octanol–water partition coefficient (Wildman–Crippen LogP) is 4.64. The van der Waals surface area contributed by atoms with Crippen LogP contribution in [0.1, 0.15) is 11.1 Å². The van der Waals surface area contributed by atoms with Gasteiger partial charge >= 0.3 is 11.8 Å². The number of carbonyl (C=O) groups is 2. The van der Waals surface area contributed by atoms with Crippen LogP contribution >= 0.6 is 27.3 Å². The average Bonchev–Trinajstić information content (AvgIpc) is 3.32. The second-order valence-corrected chi connectivity index (χ2v) is 8.82. The quantitative estimate of drug-likeness (QED) is 0.204. The highest BCUT2D eigenvalue weighted by molar-refractivity contribution is 9.10. The summed E-state index contributed by atoms with van der Waals surface area (Å²) < 4.78 is 6.79. The Morgan fingerprint density at radius 3 is 2.62 bits per heavy atom. The van der Waals surface area contributed by atoms with E-state index in [0.717, 1.165) is 15.6 Å². The number of ether oxygens (including phenoxy) is 1. The highest BCUT2D eigenvalue weighted by Gasteiger charge is 2.16. The van der Waals surface area contributed by atoms with Crippen LogP contribution in [0.4, 0.5) is 5.13 Å². The zero-order valence-electron chi connectivity index (χ0n) is 17.6. The topological polar surface area (TPSA) is 106 Å². The van der Waals surface area contributed by atoms with Crippen molar-refractivity contribution in [3.8, 4) is 16.3 Å². The third kappa shape index (κ3) is 6.56. The molecule has 4 aromatic rings. The molecule has 34 heavy (non-hydrogen) atoms. The van der Waals surface area contributed by atoms with Crippen molar-refractivity contribution in [1.29, 1.82) is 0 Å². The second kappa shape index (κ2) is 11.3. The van der Waals surface area contributed by atoms with Crippen molar-refractivity contribution in [3.63, 3.8) is 0 Å². The number of aromatic nitrogens is 2. The fraction of sp³-hybridized carbons (Fsp3) is 0.0417. The van der Waals surface area contributed by atoms with Crippen LogP contribution in [0.3, 0.4) is 0 Å². The van der Waals surface area contributed by atoms with Gasteiger partial charge in [-0.15, -0.1) is 10.2 Å². The summed E-state index contributed by atoms with van der Waals surface area (Å²) in [5.74, 6) is -1.16. The van der Waals surface area contributed by atoms with E-state index in [-0.39, 0.29) is 5.13 Å². The molecule has 10 heteroatoms. The summed E-state index contributed by atoms with van der Waals surface area (Å²) in [5.41, 5.74) is 4.80. The van der Waals surface area contributed by atoms with Crippen LogP contribution in [0.15, 0.2) is 88.4 Å². The number of carbonyl (C=O) groups excluding carboxylic acids is 2. The number of halogens is 1. The molecule has 1 heterocycles. The SMILES string of the molecule is O=C(N/N=C\c1cccc(OCc2cccc(Br)c2)c1)C(=O)Nc1nnc(-c2ccccc2)s1. The van der Waals surface area contributed by atoms with Crippen LogP contribution < -0.4 is 15.5 Å². The molecule has 2 amide bonds. The Morgan fingerprint density at radius 1 is 0.971 bits per heavy atom. The van der Waals surface area contributed by atoms with Crippen molar-refractivity contribution in [2.45, 2.75) is 6.61 Å². The molecule has 0 atom stereocenters. The van der Waals surface area contributed by atoms with Gasteiger partial charge in [0, 0.05) is 10.0 Å². The fourth-order valence-corrected chi connectivity index (χ4v) is 4.01. The van der Waals surface area contributed by atoms with Gasteiger partial charge in [-0.05, 0) is 35.4 Å². The summed E-state index contributed by atoms with van der Waals surface area (Å²) in [6.07, 6.45) is 1.43. The highest BCUT2D eigenvalue weighted by atomic mass is 79.9. The molecule has 0 fully saturated rings. The Balaban J connectivity index is 1.28. The van der Waals surface area contributed by atoms with Crippen LogP contribution in [-0.2, 0) is 16.2 Å². The first-order valence-corrected chi connectivity index (χ1v) is 11.7. The van der Waals surface area contributed by atoms with E-state index in [1.54, 1.807) is 12.1 Å². The first kappa shape index (κ1) is 23.3. The van der Waals surface area contributed by atoms with E-state index >= 15 is 0 Å². The molecule has 2 N–H and O–H groups in total. The number of hydrogen-bond donors (Lipinski definition) is 2. The maximum absolute atomic E-state index is 12.1. The lowest BCUT2D eigenvalue weighted by molar-refractivity contribution is -0.136. The Morgan fingerprint density at radius 2 is 1.79 bits per heavy atom. The number of hydrazone groups is 1. The molecule has 1 aromatic heterocycles. The third-order valence-corrected chi connectivity index (χ3v) is 5.79. The van der Waals surface area contributed by atoms with Gasteiger partial charge in [0.05, 0.1) is 6.21 Å². The lowest BCUT2D eigenvalue weighted by atomic mass is 10.2. The van der Waals surface area contributed by atoms with Crippen molar-refractivity contribution in [3.05, 3.63) is 94.5 Å². The lowest BCUT2D eigenvalue weighted by Gasteiger charge is -2.07. The summed E-state index contributed by atoms with van der Waals surface area (Å²) >= 11 is 4.61. The summed E-state index contributed by atoms with van der Waals surface area (Å²) in [5, 5.41) is 15.1. The summed E-state index contributed by atoms with van der Waals surface area (Å²) in [4.78, 5) is 24.2. The molecule has 3 aromatic carbocycles. The summed E-state index contributed by atoms with van der Waals surface area (Å²) in [6.45, 7) is 0.411. The highest BCUT2D eigenvalue weighted by Crippen LogP contribution is 2.25. The first-order chi connectivity index (χ1) is 16.6. The van der Waals surface area contributed by atoms with Crippen LogP contribution in [0, 0.1) is 0 Å². The molecule has 0 bridgehead atoms. The van der Waals surface area contributed by atoms with Crippen molar-refractivity contribution in [1.82, 2.24) is 15.6 Å². The van der Waals surface area contributed by atoms with Crippen LogP contribution in [0.25, 0.3) is 10.6 Å². The molecule has 0 saturated carbocycles. The predicted molar refractivity (Wildman–Crippen MR) is 135 cm³/mol. The van der Waals surface area contributed by atoms with Gasteiger partial charge in [0.2, 0.25) is 5.13 Å². The van der Waals surface area contributed by atoms with Crippen molar-refractivity contribution in [2.75, 3.05) is 5.32 Å². The number of nitrogens with one attached hydrogen (secondary N) is 2. The molecular weight excluding hydrogens is 518 g/mol. The Hall–Kier alpha value is -3.89. The number of anilines is 1. The van der Waals surface area contributed by atoms with Crippen molar-refractivity contribution < 1.29 is 14.3 Å². The van der Waals surface area contributed by atoms with Gasteiger partial charge < -0.3 is 4.74 Å². The fourth-order valence-electron chi connectivity index (χ4n) is 2.82. The van der Waals surface area contributed by atoms with E-state index in [1.807, 2.05) is 66.7 Å². The van der Waals surface area contributed by atoms with E-state index in [4.69, 9.17) is 4.74 Å². The number of nitrogens with zero attached hydrogens (tertiary/aromatic N) is 3. The lowest BCUT2D eigenvalue weighted by Crippen LogP contribution is -2.32. The number of rotatable bonds is 7. The molecule has 0 aliphatic heterocycles. The Kier molecular flexibility index (Phi) is 7.74. The van der Waals surface area contributed by atoms with Crippen LogP contribution in [-0.4, -0.2) is 28.2 Å². The van der Waals surface area contributed by atoms with Crippen LogP contribution in [0.2, 0.25) is 0 Å². The molecule has 0 unspecified atom stereocenters. The van der Waals surface area contributed by atoms with Crippen molar-refractivity contribution in [2.24, 2.45) is 5.10 Å². The first-order valence-electron chi connectivity index (χ1n) is 10.1. The maximum Gasteiger partial charge on any atom is 0.329 e. The van der Waals surface area contributed by atoms with E-state index in [2.05, 4.69) is 42.0 Å². The zero-order valence-corrected chi connectivity index (χ0v) is 20.0. The average molecular weight is 536 g/mol. The van der Waals surface area contributed by atoms with Gasteiger partial charge in [-0.25, -0.2) is 5.43 Å². The molecule has 0 aliphatic rings. The molecule has 8 nitrogen and oxygen atoms in total. The van der Waals surface area contributed by atoms with Gasteiger partial charge in [0.25, 0.3) is 0 Å². The largest absolute Gasteiger partial charge is 0.489 e. The Labute approximate surface area is 207 Å². The summed E-state index contributed by atoms with van der Waals surface area (Å²) in [7, 11) is 0. The second-order valence-electron chi connectivity index (χ2n) is 6.92. The van der Waals surface area contributed by atoms with E-state index in [0.29, 0.717) is 22.9 Å². The van der Waals surface area contributed by atoms with E-state index < -0.39 is 11.8 Å². The molecule has 0 saturated heterocycles. The molecule has 0 radical (unpaired) electrons. The minimum atomic E-state index is -0.922. The zero-order chi connectivity index (χ0) is 23.8. The standard InChI is InChI=1S/C24H18BrN5O3S/c25-19-10-4-7-17(12-19)15-33-20-11-5-6-16(13-20)14-26-28-22(32)21(31)27-24-30-29-23(34-24)18-8-2-1-3-9-18/h1-14H,15H2,(H,28,32)(H,27,30,31)/b26-14-. The molecule has 0 aliphatic carbocycles. The maximum atomic E-state index is 12.1. The molecular formula is C24H18BrN5O3S.